The molecule has 0 radical (unpaired) electrons. The number of unbranched alkanes of at least 4 members (excludes halogenated alkanes) is 1. The predicted molar refractivity (Wildman–Crippen MR) is 137 cm³/mol. The van der Waals surface area contributed by atoms with Gasteiger partial charge in [0.25, 0.3) is 0 Å². The van der Waals surface area contributed by atoms with Crippen LogP contribution in [0.5, 0.6) is 5.75 Å². The number of aliphatic imine (C=N–C) groups is 1. The van der Waals surface area contributed by atoms with Crippen LogP contribution in [0, 0.1) is 6.92 Å². The van der Waals surface area contributed by atoms with Crippen LogP contribution in [0.4, 0.5) is 0 Å². The molecule has 31 heavy (non-hydrogen) atoms. The van der Waals surface area contributed by atoms with E-state index < -0.39 is 0 Å². The number of methoxy groups -OCH3 is 1. The summed E-state index contributed by atoms with van der Waals surface area (Å²) in [7, 11) is 3.42. The average molecular weight is 561 g/mol. The van der Waals surface area contributed by atoms with Crippen molar-refractivity contribution < 1.29 is 14.3 Å². The summed E-state index contributed by atoms with van der Waals surface area (Å²) in [5.74, 6) is 1.29. The molecule has 0 bridgehead atoms. The summed E-state index contributed by atoms with van der Waals surface area (Å²) in [6.45, 7) is 6.81. The van der Waals surface area contributed by atoms with E-state index in [2.05, 4.69) is 32.7 Å². The van der Waals surface area contributed by atoms with Crippen molar-refractivity contribution in [2.75, 3.05) is 27.3 Å². The Balaban J connectivity index is 0.00000480. The lowest BCUT2D eigenvalue weighted by atomic mass is 10.1. The van der Waals surface area contributed by atoms with E-state index in [4.69, 9.17) is 9.47 Å². The number of carbonyl (C=O) groups excluding carboxylic acids is 1. The fraction of sp³-hybridized carbons (Fsp3) is 0.500. The van der Waals surface area contributed by atoms with Crippen molar-refractivity contribution in [2.24, 2.45) is 4.99 Å². The minimum Gasteiger partial charge on any atom is -0.497 e. The molecule has 1 heterocycles. The standard InChI is InChI=1S/C22H32N4O3S.HI/c1-6-29-21(27)19-15(2)25-20(30-19)16(3)26-22(23-4)24-14-8-7-9-17-10-12-18(28-5)13-11-17;/h10-13,16H,6-9,14H2,1-5H3,(H2,23,24,26);1H. The predicted octanol–water partition coefficient (Wildman–Crippen LogP) is 4.50. The molecule has 0 fully saturated rings. The van der Waals surface area contributed by atoms with Crippen LogP contribution in [-0.2, 0) is 11.2 Å². The molecule has 172 valence electrons. The number of benzene rings is 1. The topological polar surface area (TPSA) is 84.8 Å². The molecule has 2 rings (SSSR count). The molecule has 7 nitrogen and oxygen atoms in total. The largest absolute Gasteiger partial charge is 0.497 e. The van der Waals surface area contributed by atoms with Gasteiger partial charge in [-0.25, -0.2) is 9.78 Å². The number of esters is 1. The number of aromatic nitrogens is 1. The van der Waals surface area contributed by atoms with Gasteiger partial charge in [0.15, 0.2) is 5.96 Å². The van der Waals surface area contributed by atoms with E-state index in [-0.39, 0.29) is 36.0 Å². The van der Waals surface area contributed by atoms with Crippen LogP contribution in [0.2, 0.25) is 0 Å². The Morgan fingerprint density at radius 3 is 2.58 bits per heavy atom. The molecular formula is C22H33IN4O3S. The number of hydrogen-bond acceptors (Lipinski definition) is 6. The lowest BCUT2D eigenvalue weighted by Gasteiger charge is -2.16. The number of carbonyl (C=O) groups is 1. The minimum atomic E-state index is -0.315. The molecule has 0 amide bonds. The van der Waals surface area contributed by atoms with Gasteiger partial charge < -0.3 is 20.1 Å². The second-order valence-electron chi connectivity index (χ2n) is 6.86. The first kappa shape index (κ1) is 27.2. The van der Waals surface area contributed by atoms with Gasteiger partial charge in [0.1, 0.15) is 15.6 Å². The maximum Gasteiger partial charge on any atom is 0.350 e. The van der Waals surface area contributed by atoms with Crippen LogP contribution in [0.15, 0.2) is 29.3 Å². The van der Waals surface area contributed by atoms with E-state index in [0.29, 0.717) is 17.2 Å². The normalized spacial score (nSPS) is 12.0. The van der Waals surface area contributed by atoms with Crippen molar-refractivity contribution in [1.82, 2.24) is 15.6 Å². The van der Waals surface area contributed by atoms with Gasteiger partial charge in [-0.15, -0.1) is 35.3 Å². The first-order valence-electron chi connectivity index (χ1n) is 10.2. The number of aryl methyl sites for hydroxylation is 2. The van der Waals surface area contributed by atoms with Crippen LogP contribution in [0.25, 0.3) is 0 Å². The van der Waals surface area contributed by atoms with Crippen LogP contribution < -0.4 is 15.4 Å². The zero-order valence-corrected chi connectivity index (χ0v) is 22.0. The van der Waals surface area contributed by atoms with Gasteiger partial charge in [-0.3, -0.25) is 4.99 Å². The Kier molecular flexibility index (Phi) is 12.5. The van der Waals surface area contributed by atoms with Gasteiger partial charge in [-0.05, 0) is 57.7 Å². The molecule has 0 aliphatic heterocycles. The summed E-state index contributed by atoms with van der Waals surface area (Å²) in [5.41, 5.74) is 2.01. The first-order valence-corrected chi connectivity index (χ1v) is 11.0. The summed E-state index contributed by atoms with van der Waals surface area (Å²) in [4.78, 5) is 21.4. The molecule has 0 aliphatic rings. The molecule has 0 saturated heterocycles. The number of rotatable bonds is 10. The molecule has 2 N–H and O–H groups in total. The summed E-state index contributed by atoms with van der Waals surface area (Å²) < 4.78 is 10.3. The molecule has 0 saturated carbocycles. The smallest absolute Gasteiger partial charge is 0.350 e. The van der Waals surface area contributed by atoms with E-state index in [9.17, 15) is 4.79 Å². The van der Waals surface area contributed by atoms with Gasteiger partial charge in [-0.1, -0.05) is 12.1 Å². The number of ether oxygens (including phenoxy) is 2. The summed E-state index contributed by atoms with van der Waals surface area (Å²) in [6, 6.07) is 8.13. The van der Waals surface area contributed by atoms with Crippen molar-refractivity contribution >= 4 is 47.2 Å². The van der Waals surface area contributed by atoms with E-state index >= 15 is 0 Å². The molecule has 9 heteroatoms. The number of hydrogen-bond donors (Lipinski definition) is 2. The third-order valence-electron chi connectivity index (χ3n) is 4.56. The minimum absolute atomic E-state index is 0. The van der Waals surface area contributed by atoms with Crippen molar-refractivity contribution in [2.45, 2.75) is 46.1 Å². The molecule has 1 aromatic heterocycles. The number of halogens is 1. The second kappa shape index (κ2) is 14.2. The van der Waals surface area contributed by atoms with Crippen LogP contribution in [0.3, 0.4) is 0 Å². The third kappa shape index (κ3) is 8.64. The third-order valence-corrected chi connectivity index (χ3v) is 5.89. The number of thiazole rings is 1. The summed E-state index contributed by atoms with van der Waals surface area (Å²) in [5, 5.41) is 7.51. The molecule has 1 atom stereocenters. The lowest BCUT2D eigenvalue weighted by Crippen LogP contribution is -2.39. The zero-order valence-electron chi connectivity index (χ0n) is 18.9. The average Bonchev–Trinajstić information content (AvgIpc) is 3.15. The number of nitrogens with one attached hydrogen (secondary N) is 2. The molecular weight excluding hydrogens is 527 g/mol. The Hall–Kier alpha value is -1.88. The SMILES string of the molecule is CCOC(=O)c1sc(C(C)NC(=NC)NCCCCc2ccc(OC)cc2)nc1C.I. The highest BCUT2D eigenvalue weighted by molar-refractivity contribution is 14.0. The maximum absolute atomic E-state index is 12.0. The van der Waals surface area contributed by atoms with Crippen LogP contribution in [-0.4, -0.2) is 44.2 Å². The Morgan fingerprint density at radius 2 is 1.97 bits per heavy atom. The fourth-order valence-corrected chi connectivity index (χ4v) is 3.87. The Morgan fingerprint density at radius 1 is 1.26 bits per heavy atom. The van der Waals surface area contributed by atoms with E-state index in [1.165, 1.54) is 16.9 Å². The summed E-state index contributed by atoms with van der Waals surface area (Å²) in [6.07, 6.45) is 3.15. The van der Waals surface area contributed by atoms with Crippen molar-refractivity contribution in [3.05, 3.63) is 45.4 Å². The highest BCUT2D eigenvalue weighted by atomic mass is 127. The number of nitrogens with zero attached hydrogens (tertiary/aromatic N) is 2. The lowest BCUT2D eigenvalue weighted by molar-refractivity contribution is 0.0531. The van der Waals surface area contributed by atoms with Gasteiger partial charge in [0.05, 0.1) is 25.5 Å². The van der Waals surface area contributed by atoms with Crippen molar-refractivity contribution in [1.29, 1.82) is 0 Å². The van der Waals surface area contributed by atoms with Gasteiger partial charge >= 0.3 is 5.97 Å². The molecule has 1 unspecified atom stereocenters. The molecule has 0 aliphatic carbocycles. The highest BCUT2D eigenvalue weighted by Gasteiger charge is 2.20. The van der Waals surface area contributed by atoms with E-state index in [1.807, 2.05) is 26.0 Å². The van der Waals surface area contributed by atoms with E-state index in [0.717, 1.165) is 42.5 Å². The molecule has 0 spiro atoms. The Bertz CT molecular complexity index is 840. The van der Waals surface area contributed by atoms with Crippen molar-refractivity contribution in [3.63, 3.8) is 0 Å². The first-order chi connectivity index (χ1) is 14.5. The second-order valence-corrected chi connectivity index (χ2v) is 7.89. The van der Waals surface area contributed by atoms with Crippen LogP contribution in [0.1, 0.15) is 58.7 Å². The quantitative estimate of drug-likeness (QED) is 0.146. The maximum atomic E-state index is 12.0. The zero-order chi connectivity index (χ0) is 21.9. The Labute approximate surface area is 206 Å². The summed E-state index contributed by atoms with van der Waals surface area (Å²) >= 11 is 1.36. The van der Waals surface area contributed by atoms with Gasteiger partial charge in [0, 0.05) is 13.6 Å². The molecule has 2 aromatic rings. The van der Waals surface area contributed by atoms with Crippen molar-refractivity contribution in [3.8, 4) is 5.75 Å². The van der Waals surface area contributed by atoms with Gasteiger partial charge in [-0.2, -0.15) is 0 Å². The fourth-order valence-electron chi connectivity index (χ4n) is 2.90. The monoisotopic (exact) mass is 560 g/mol. The molecule has 1 aromatic carbocycles. The van der Waals surface area contributed by atoms with E-state index in [1.54, 1.807) is 21.1 Å². The van der Waals surface area contributed by atoms with Gasteiger partial charge in [0.2, 0.25) is 0 Å². The van der Waals surface area contributed by atoms with Crippen LogP contribution >= 0.6 is 35.3 Å². The highest BCUT2D eigenvalue weighted by Crippen LogP contribution is 2.24. The number of guanidine groups is 1.